The van der Waals surface area contributed by atoms with E-state index in [1.165, 1.54) is 13.8 Å². The molecule has 0 aromatic carbocycles. The molecule has 0 saturated heterocycles. The third-order valence-electron chi connectivity index (χ3n) is 0.407. The van der Waals surface area contributed by atoms with E-state index in [4.69, 9.17) is 0 Å². The Balaban J connectivity index is 3.32. The summed E-state index contributed by atoms with van der Waals surface area (Å²) in [6.07, 6.45) is 0. The minimum atomic E-state index is -0.187. The van der Waals surface area contributed by atoms with E-state index < -0.39 is 0 Å². The van der Waals surface area contributed by atoms with E-state index in [1.54, 1.807) is 0 Å². The first kappa shape index (κ1) is 6.40. The molecule has 0 N–H and O–H groups in total. The average molecular weight is 96.9 g/mol. The first-order valence-corrected chi connectivity index (χ1v) is 1.99. The van der Waals surface area contributed by atoms with E-state index in [2.05, 4.69) is 0 Å². The molecule has 0 aromatic rings. The molecule has 0 aliphatic rings. The molecule has 0 amide bonds. The van der Waals surface area contributed by atoms with Crippen LogP contribution in [0, 0.1) is 0 Å². The summed E-state index contributed by atoms with van der Waals surface area (Å²) in [4.78, 5) is 20.0. The van der Waals surface area contributed by atoms with E-state index in [9.17, 15) is 9.59 Å². The molecule has 7 heavy (non-hydrogen) atoms. The molecule has 0 bridgehead atoms. The summed E-state index contributed by atoms with van der Waals surface area (Å²) >= 11 is 0. The van der Waals surface area contributed by atoms with Gasteiger partial charge in [-0.25, -0.2) is 0 Å². The zero-order valence-corrected chi connectivity index (χ0v) is 4.39. The van der Waals surface area contributed by atoms with Crippen molar-refractivity contribution in [2.24, 2.45) is 0 Å². The molecular formula is C4H6BO2. The molecule has 0 aliphatic heterocycles. The monoisotopic (exact) mass is 97.0 g/mol. The maximum atomic E-state index is 9.98. The van der Waals surface area contributed by atoms with E-state index in [-0.39, 0.29) is 11.4 Å². The van der Waals surface area contributed by atoms with Crippen LogP contribution in [-0.2, 0) is 9.59 Å². The Morgan fingerprint density at radius 3 is 1.43 bits per heavy atom. The summed E-state index contributed by atoms with van der Waals surface area (Å²) in [5.74, 6) is 0. The first-order chi connectivity index (χ1) is 3.13. The normalized spacial score (nSPS) is 7.71. The van der Waals surface area contributed by atoms with Crippen LogP contribution < -0.4 is 0 Å². The number of carbonyl (C=O) groups excluding carboxylic acids is 2. The smallest absolute Gasteiger partial charge is 0.289 e. The predicted molar refractivity (Wildman–Crippen MR) is 27.1 cm³/mol. The van der Waals surface area contributed by atoms with Gasteiger partial charge < -0.3 is 9.59 Å². The lowest BCUT2D eigenvalue weighted by Crippen LogP contribution is -2.12. The van der Waals surface area contributed by atoms with Crippen molar-refractivity contribution >= 4 is 18.6 Å². The van der Waals surface area contributed by atoms with E-state index in [0.717, 1.165) is 7.28 Å². The van der Waals surface area contributed by atoms with Crippen molar-refractivity contribution in [3.05, 3.63) is 0 Å². The van der Waals surface area contributed by atoms with E-state index in [0.29, 0.717) is 0 Å². The summed E-state index contributed by atoms with van der Waals surface area (Å²) in [7, 11) is 1.06. The zero-order chi connectivity index (χ0) is 5.86. The Kier molecular flexibility index (Phi) is 2.34. The molecule has 0 spiro atoms. The van der Waals surface area contributed by atoms with Crippen LogP contribution in [0.3, 0.4) is 0 Å². The summed E-state index contributed by atoms with van der Waals surface area (Å²) in [6.45, 7) is 2.70. The van der Waals surface area contributed by atoms with Crippen LogP contribution in [0.1, 0.15) is 13.8 Å². The highest BCUT2D eigenvalue weighted by atomic mass is 16.1. The van der Waals surface area contributed by atoms with Gasteiger partial charge in [0.25, 0.3) is 7.28 Å². The average Bonchev–Trinajstić information content (AvgIpc) is 1.27. The predicted octanol–water partition coefficient (Wildman–Crippen LogP) is -0.216. The summed E-state index contributed by atoms with van der Waals surface area (Å²) < 4.78 is 0. The highest BCUT2D eigenvalue weighted by Gasteiger charge is 1.99. The summed E-state index contributed by atoms with van der Waals surface area (Å²) in [5.41, 5.74) is -0.375. The molecule has 2 nitrogen and oxygen atoms in total. The third-order valence-corrected chi connectivity index (χ3v) is 0.407. The van der Waals surface area contributed by atoms with Gasteiger partial charge in [0.1, 0.15) is 0 Å². The lowest BCUT2D eigenvalue weighted by atomic mass is 9.70. The van der Waals surface area contributed by atoms with E-state index in [1.807, 2.05) is 0 Å². The molecule has 0 rings (SSSR count). The molecular weight excluding hydrogens is 90.9 g/mol. The maximum absolute atomic E-state index is 9.98. The number of carbonyl (C=O) groups is 2. The Morgan fingerprint density at radius 1 is 1.14 bits per heavy atom. The lowest BCUT2D eigenvalue weighted by Gasteiger charge is -1.78. The fraction of sp³-hybridized carbons (Fsp3) is 0.500. The molecule has 0 heterocycles. The van der Waals surface area contributed by atoms with Crippen molar-refractivity contribution in [1.29, 1.82) is 0 Å². The van der Waals surface area contributed by atoms with Crippen LogP contribution in [0.25, 0.3) is 0 Å². The van der Waals surface area contributed by atoms with E-state index >= 15 is 0 Å². The van der Waals surface area contributed by atoms with Crippen LogP contribution in [0.5, 0.6) is 0 Å². The third kappa shape index (κ3) is 5.40. The number of hydrogen-bond acceptors (Lipinski definition) is 2. The van der Waals surface area contributed by atoms with Gasteiger partial charge in [-0.05, 0) is 13.8 Å². The fourth-order valence-electron chi connectivity index (χ4n) is 0.286. The standard InChI is InChI=1S/C4H6BO2/c1-3(6)5-4(2)7/h1-2H3. The van der Waals surface area contributed by atoms with Gasteiger partial charge in [0, 0.05) is 0 Å². The highest BCUT2D eigenvalue weighted by Crippen LogP contribution is 1.65. The second-order valence-electron chi connectivity index (χ2n) is 1.37. The SMILES string of the molecule is CC(=O)[B]C(C)=O. The maximum Gasteiger partial charge on any atom is 0.289 e. The van der Waals surface area contributed by atoms with Gasteiger partial charge in [0.15, 0.2) is 0 Å². The van der Waals surface area contributed by atoms with Crippen LogP contribution in [-0.4, -0.2) is 18.6 Å². The Morgan fingerprint density at radius 2 is 1.43 bits per heavy atom. The van der Waals surface area contributed by atoms with Gasteiger partial charge in [-0.2, -0.15) is 0 Å². The molecule has 37 valence electrons. The molecule has 0 saturated carbocycles. The van der Waals surface area contributed by atoms with Crippen molar-refractivity contribution in [3.8, 4) is 0 Å². The number of rotatable bonds is 2. The minimum Gasteiger partial charge on any atom is -0.312 e. The van der Waals surface area contributed by atoms with Crippen LogP contribution in [0.15, 0.2) is 0 Å². The van der Waals surface area contributed by atoms with Crippen molar-refractivity contribution < 1.29 is 9.59 Å². The first-order valence-electron chi connectivity index (χ1n) is 1.99. The highest BCUT2D eigenvalue weighted by molar-refractivity contribution is 6.96. The van der Waals surface area contributed by atoms with Gasteiger partial charge in [-0.1, -0.05) is 0 Å². The quantitative estimate of drug-likeness (QED) is 0.446. The van der Waals surface area contributed by atoms with Gasteiger partial charge in [-0.15, -0.1) is 0 Å². The van der Waals surface area contributed by atoms with Crippen molar-refractivity contribution in [2.75, 3.05) is 0 Å². The molecule has 3 heteroatoms. The minimum absolute atomic E-state index is 0.187. The van der Waals surface area contributed by atoms with Gasteiger partial charge in [-0.3, -0.25) is 0 Å². The zero-order valence-electron chi connectivity index (χ0n) is 4.39. The van der Waals surface area contributed by atoms with Crippen molar-refractivity contribution in [2.45, 2.75) is 13.8 Å². The number of hydrogen-bond donors (Lipinski definition) is 0. The molecule has 0 aliphatic carbocycles. The molecule has 0 atom stereocenters. The van der Waals surface area contributed by atoms with Gasteiger partial charge >= 0.3 is 0 Å². The summed E-state index contributed by atoms with van der Waals surface area (Å²) in [6, 6.07) is 0. The molecule has 0 aromatic heterocycles. The molecule has 0 fully saturated rings. The van der Waals surface area contributed by atoms with Crippen molar-refractivity contribution in [3.63, 3.8) is 0 Å². The largest absolute Gasteiger partial charge is 0.312 e. The van der Waals surface area contributed by atoms with Gasteiger partial charge in [0.05, 0.1) is 11.4 Å². The lowest BCUT2D eigenvalue weighted by molar-refractivity contribution is -0.113. The van der Waals surface area contributed by atoms with Crippen LogP contribution in [0.4, 0.5) is 0 Å². The Hall–Kier alpha value is -0.595. The second kappa shape index (κ2) is 2.56. The van der Waals surface area contributed by atoms with Crippen LogP contribution in [0.2, 0.25) is 0 Å². The Labute approximate surface area is 43.1 Å². The van der Waals surface area contributed by atoms with Gasteiger partial charge in [0.2, 0.25) is 0 Å². The summed E-state index contributed by atoms with van der Waals surface area (Å²) in [5, 5.41) is 0. The fourth-order valence-corrected chi connectivity index (χ4v) is 0.286. The van der Waals surface area contributed by atoms with Crippen LogP contribution >= 0.6 is 0 Å². The second-order valence-corrected chi connectivity index (χ2v) is 1.37. The molecule has 1 radical (unpaired) electrons. The Bertz CT molecular complexity index is 85.9. The molecule has 0 unspecified atom stereocenters. The topological polar surface area (TPSA) is 34.1 Å². The van der Waals surface area contributed by atoms with Crippen molar-refractivity contribution in [1.82, 2.24) is 0 Å².